The van der Waals surface area contributed by atoms with Gasteiger partial charge in [0.05, 0.1) is 22.3 Å². The Kier molecular flexibility index (Phi) is 5.74. The zero-order valence-electron chi connectivity index (χ0n) is 16.6. The first kappa shape index (κ1) is 19.1. The number of thiazole rings is 1. The van der Waals surface area contributed by atoms with Crippen LogP contribution in [-0.2, 0) is 11.3 Å². The molecule has 1 N–H and O–H groups in total. The summed E-state index contributed by atoms with van der Waals surface area (Å²) in [6, 6.07) is 16.9. The van der Waals surface area contributed by atoms with Crippen molar-refractivity contribution in [1.29, 1.82) is 0 Å². The molecule has 2 atom stereocenters. The van der Waals surface area contributed by atoms with Gasteiger partial charge in [-0.1, -0.05) is 42.0 Å². The van der Waals surface area contributed by atoms with Gasteiger partial charge in [-0.05, 0) is 31.9 Å². The quantitative estimate of drug-likeness (QED) is 0.722. The first-order valence-electron chi connectivity index (χ1n) is 10.1. The standard InChI is InChI=1S/C23H27N3OS/c1-17-9-11-18(12-10-17)14-25(2)16-22(27)26-13-5-6-19(15-26)23-24-20-7-3-4-8-21(20)28-23/h3-4,7-12,19H,5-6,13-16H2,1-2H3/p+1/t19-/m1/s1. The maximum absolute atomic E-state index is 12.9. The van der Waals surface area contributed by atoms with Crippen LogP contribution in [0.3, 0.4) is 0 Å². The highest BCUT2D eigenvalue weighted by atomic mass is 32.1. The zero-order chi connectivity index (χ0) is 19.5. The summed E-state index contributed by atoms with van der Waals surface area (Å²) >= 11 is 1.78. The predicted octanol–water partition coefficient (Wildman–Crippen LogP) is 3.03. The molecule has 1 fully saturated rings. The lowest BCUT2D eigenvalue weighted by atomic mass is 9.98. The van der Waals surface area contributed by atoms with Crippen molar-refractivity contribution in [3.05, 3.63) is 64.7 Å². The summed E-state index contributed by atoms with van der Waals surface area (Å²) in [4.78, 5) is 21.0. The van der Waals surface area contributed by atoms with Gasteiger partial charge in [-0.15, -0.1) is 11.3 Å². The molecule has 4 nitrogen and oxygen atoms in total. The number of aryl methyl sites for hydroxylation is 1. The Balaban J connectivity index is 1.36. The van der Waals surface area contributed by atoms with E-state index in [0.717, 1.165) is 38.0 Å². The third kappa shape index (κ3) is 4.42. The molecule has 1 amide bonds. The number of hydrogen-bond donors (Lipinski definition) is 1. The van der Waals surface area contributed by atoms with Gasteiger partial charge in [0.2, 0.25) is 0 Å². The molecule has 28 heavy (non-hydrogen) atoms. The number of hydrogen-bond acceptors (Lipinski definition) is 3. The van der Waals surface area contributed by atoms with Gasteiger partial charge in [0, 0.05) is 24.6 Å². The molecular weight excluding hydrogens is 366 g/mol. The molecule has 1 aliphatic heterocycles. The van der Waals surface area contributed by atoms with Crippen molar-refractivity contribution in [2.75, 3.05) is 26.7 Å². The van der Waals surface area contributed by atoms with Crippen LogP contribution in [0.2, 0.25) is 0 Å². The molecule has 0 spiro atoms. The molecule has 0 aliphatic carbocycles. The van der Waals surface area contributed by atoms with Crippen molar-refractivity contribution in [2.45, 2.75) is 32.2 Å². The number of amides is 1. The average molecular weight is 395 g/mol. The molecule has 3 aromatic rings. The molecular formula is C23H28N3OS+. The number of carbonyl (C=O) groups is 1. The third-order valence-corrected chi connectivity index (χ3v) is 6.71. The maximum atomic E-state index is 12.9. The number of aromatic nitrogens is 1. The summed E-state index contributed by atoms with van der Waals surface area (Å²) in [5.74, 6) is 0.628. The second kappa shape index (κ2) is 8.41. The normalized spacial score (nSPS) is 18.4. The Hall–Kier alpha value is -2.24. The van der Waals surface area contributed by atoms with E-state index in [-0.39, 0.29) is 5.91 Å². The fraction of sp³-hybridized carbons (Fsp3) is 0.391. The van der Waals surface area contributed by atoms with E-state index >= 15 is 0 Å². The second-order valence-corrected chi connectivity index (χ2v) is 9.06. The fourth-order valence-corrected chi connectivity index (χ4v) is 5.05. The summed E-state index contributed by atoms with van der Waals surface area (Å²) in [6.07, 6.45) is 2.18. The highest BCUT2D eigenvalue weighted by molar-refractivity contribution is 7.18. The number of benzene rings is 2. The molecule has 1 saturated heterocycles. The minimum Gasteiger partial charge on any atom is -0.337 e. The van der Waals surface area contributed by atoms with E-state index in [9.17, 15) is 4.79 Å². The van der Waals surface area contributed by atoms with Crippen LogP contribution < -0.4 is 4.90 Å². The van der Waals surface area contributed by atoms with E-state index in [1.54, 1.807) is 11.3 Å². The highest BCUT2D eigenvalue weighted by Gasteiger charge is 2.28. The summed E-state index contributed by atoms with van der Waals surface area (Å²) in [5, 5.41) is 1.18. The minimum atomic E-state index is 0.260. The van der Waals surface area contributed by atoms with Crippen LogP contribution in [-0.4, -0.2) is 42.5 Å². The Morgan fingerprint density at radius 1 is 1.21 bits per heavy atom. The number of likely N-dealkylation sites (tertiary alicyclic amines) is 1. The smallest absolute Gasteiger partial charge is 0.277 e. The van der Waals surface area contributed by atoms with Crippen molar-refractivity contribution < 1.29 is 9.69 Å². The van der Waals surface area contributed by atoms with E-state index in [1.165, 1.54) is 25.7 Å². The van der Waals surface area contributed by atoms with Crippen LogP contribution >= 0.6 is 11.3 Å². The fourth-order valence-electron chi connectivity index (χ4n) is 3.96. The van der Waals surface area contributed by atoms with Gasteiger partial charge in [0.25, 0.3) is 5.91 Å². The molecule has 2 aromatic carbocycles. The number of fused-ring (bicyclic) bond motifs is 1. The Morgan fingerprint density at radius 3 is 2.79 bits per heavy atom. The van der Waals surface area contributed by atoms with Gasteiger partial charge in [0.15, 0.2) is 6.54 Å². The molecule has 0 radical (unpaired) electrons. The second-order valence-electron chi connectivity index (χ2n) is 7.99. The van der Waals surface area contributed by atoms with Crippen molar-refractivity contribution in [3.8, 4) is 0 Å². The SMILES string of the molecule is Cc1ccc(C[NH+](C)CC(=O)N2CCC[C@@H](c3nc4ccccc4s3)C2)cc1. The van der Waals surface area contributed by atoms with Crippen molar-refractivity contribution in [1.82, 2.24) is 9.88 Å². The molecule has 1 aliphatic rings. The van der Waals surface area contributed by atoms with E-state index in [1.807, 2.05) is 6.07 Å². The molecule has 0 saturated carbocycles. The largest absolute Gasteiger partial charge is 0.337 e. The highest BCUT2D eigenvalue weighted by Crippen LogP contribution is 2.32. The monoisotopic (exact) mass is 394 g/mol. The Morgan fingerprint density at radius 2 is 2.00 bits per heavy atom. The first-order valence-corrected chi connectivity index (χ1v) is 10.9. The summed E-state index contributed by atoms with van der Waals surface area (Å²) in [6.45, 7) is 5.19. The first-order chi connectivity index (χ1) is 13.6. The lowest BCUT2D eigenvalue weighted by Gasteiger charge is -2.32. The lowest BCUT2D eigenvalue weighted by molar-refractivity contribution is -0.885. The van der Waals surface area contributed by atoms with Gasteiger partial charge in [-0.2, -0.15) is 0 Å². The number of carbonyl (C=O) groups excluding carboxylic acids is 1. The van der Waals surface area contributed by atoms with E-state index in [0.29, 0.717) is 12.5 Å². The molecule has 0 bridgehead atoms. The minimum absolute atomic E-state index is 0.260. The number of quaternary nitrogens is 1. The zero-order valence-corrected chi connectivity index (χ0v) is 17.5. The van der Waals surface area contributed by atoms with Gasteiger partial charge < -0.3 is 9.80 Å². The van der Waals surface area contributed by atoms with Gasteiger partial charge in [-0.3, -0.25) is 4.79 Å². The molecule has 1 aromatic heterocycles. The van der Waals surface area contributed by atoms with E-state index in [4.69, 9.17) is 4.98 Å². The number of nitrogens with one attached hydrogen (secondary N) is 1. The number of piperidine rings is 1. The van der Waals surface area contributed by atoms with Crippen LogP contribution in [0.25, 0.3) is 10.2 Å². The van der Waals surface area contributed by atoms with Crippen LogP contribution in [0.4, 0.5) is 0 Å². The number of nitrogens with zero attached hydrogens (tertiary/aromatic N) is 2. The van der Waals surface area contributed by atoms with Crippen molar-refractivity contribution in [3.63, 3.8) is 0 Å². The maximum Gasteiger partial charge on any atom is 0.277 e. The topological polar surface area (TPSA) is 37.6 Å². The van der Waals surface area contributed by atoms with E-state index in [2.05, 4.69) is 61.3 Å². The lowest BCUT2D eigenvalue weighted by Crippen LogP contribution is -3.08. The van der Waals surface area contributed by atoms with Crippen LogP contribution in [0.1, 0.15) is 34.9 Å². The van der Waals surface area contributed by atoms with Gasteiger partial charge in [0.1, 0.15) is 6.54 Å². The Labute approximate surface area is 170 Å². The van der Waals surface area contributed by atoms with Crippen molar-refractivity contribution >= 4 is 27.5 Å². The van der Waals surface area contributed by atoms with Crippen molar-refractivity contribution in [2.24, 2.45) is 0 Å². The molecule has 4 rings (SSSR count). The Bertz CT molecular complexity index is 917. The summed E-state index contributed by atoms with van der Waals surface area (Å²) in [5.41, 5.74) is 3.63. The molecule has 5 heteroatoms. The van der Waals surface area contributed by atoms with Crippen LogP contribution in [0, 0.1) is 6.92 Å². The predicted molar refractivity (Wildman–Crippen MR) is 115 cm³/mol. The molecule has 146 valence electrons. The van der Waals surface area contributed by atoms with Gasteiger partial charge >= 0.3 is 0 Å². The number of para-hydroxylation sites is 1. The average Bonchev–Trinajstić information content (AvgIpc) is 3.14. The number of rotatable bonds is 5. The summed E-state index contributed by atoms with van der Waals surface area (Å²) in [7, 11) is 2.10. The van der Waals surface area contributed by atoms with Crippen LogP contribution in [0.5, 0.6) is 0 Å². The molecule has 1 unspecified atom stereocenters. The van der Waals surface area contributed by atoms with Gasteiger partial charge in [-0.25, -0.2) is 4.98 Å². The van der Waals surface area contributed by atoms with E-state index < -0.39 is 0 Å². The third-order valence-electron chi connectivity index (χ3n) is 5.51. The number of likely N-dealkylation sites (N-methyl/N-ethyl adjacent to an activating group) is 1. The summed E-state index contributed by atoms with van der Waals surface area (Å²) < 4.78 is 1.24. The molecule has 2 heterocycles. The van der Waals surface area contributed by atoms with Crippen LogP contribution in [0.15, 0.2) is 48.5 Å².